The zero-order chi connectivity index (χ0) is 14.2. The van der Waals surface area contributed by atoms with E-state index in [1.54, 1.807) is 10.7 Å². The molecule has 1 heterocycles. The van der Waals surface area contributed by atoms with Crippen molar-refractivity contribution in [2.75, 3.05) is 0 Å². The summed E-state index contributed by atoms with van der Waals surface area (Å²) in [4.78, 5) is 0. The van der Waals surface area contributed by atoms with Crippen LogP contribution in [0.4, 0.5) is 4.39 Å². The molecule has 19 heavy (non-hydrogen) atoms. The first-order chi connectivity index (χ1) is 8.84. The molecule has 6 heteroatoms. The van der Waals surface area contributed by atoms with Crippen LogP contribution in [0.3, 0.4) is 0 Å². The van der Waals surface area contributed by atoms with E-state index in [0.717, 1.165) is 5.69 Å². The Morgan fingerprint density at radius 1 is 1.37 bits per heavy atom. The number of rotatable bonds is 2. The Kier molecular flexibility index (Phi) is 3.60. The lowest BCUT2D eigenvalue weighted by atomic mass is 9.90. The van der Waals surface area contributed by atoms with Gasteiger partial charge in [-0.05, 0) is 18.2 Å². The van der Waals surface area contributed by atoms with Crippen LogP contribution >= 0.6 is 11.6 Å². The molecule has 0 saturated heterocycles. The average molecular weight is 284 g/mol. The van der Waals surface area contributed by atoms with E-state index in [2.05, 4.69) is 10.3 Å². The van der Waals surface area contributed by atoms with Gasteiger partial charge in [0.15, 0.2) is 0 Å². The first kappa shape index (κ1) is 14.0. The Labute approximate surface area is 115 Å². The molecule has 0 saturated carbocycles. The Hall–Kier alpha value is -1.46. The maximum absolute atomic E-state index is 13.2. The summed E-state index contributed by atoms with van der Waals surface area (Å²) in [6, 6.07) is 4.35. The predicted molar refractivity (Wildman–Crippen MR) is 70.9 cm³/mol. The molecule has 0 aliphatic carbocycles. The normalized spacial score (nSPS) is 11.9. The van der Waals surface area contributed by atoms with E-state index in [4.69, 9.17) is 11.6 Å². The molecule has 0 fully saturated rings. The maximum atomic E-state index is 13.2. The monoisotopic (exact) mass is 283 g/mol. The zero-order valence-electron chi connectivity index (χ0n) is 11.0. The molecular formula is C13H15ClFN3O. The minimum atomic E-state index is -0.481. The van der Waals surface area contributed by atoms with Gasteiger partial charge in [-0.15, -0.1) is 5.10 Å². The number of aromatic nitrogens is 3. The van der Waals surface area contributed by atoms with Gasteiger partial charge < -0.3 is 5.11 Å². The fourth-order valence-electron chi connectivity index (χ4n) is 1.97. The van der Waals surface area contributed by atoms with E-state index >= 15 is 0 Å². The summed E-state index contributed by atoms with van der Waals surface area (Å²) in [5, 5.41) is 17.3. The molecule has 0 aliphatic rings. The summed E-state index contributed by atoms with van der Waals surface area (Å²) >= 11 is 5.79. The second-order valence-electron chi connectivity index (χ2n) is 5.30. The van der Waals surface area contributed by atoms with E-state index in [0.29, 0.717) is 11.4 Å². The summed E-state index contributed by atoms with van der Waals surface area (Å²) in [5.41, 5.74) is 1.64. The molecule has 0 spiro atoms. The lowest BCUT2D eigenvalue weighted by molar-refractivity contribution is 0.273. The lowest BCUT2D eigenvalue weighted by Crippen LogP contribution is -2.19. The molecule has 2 rings (SSSR count). The number of hydrogen-bond donors (Lipinski definition) is 1. The Morgan fingerprint density at radius 2 is 2.05 bits per heavy atom. The van der Waals surface area contributed by atoms with Crippen molar-refractivity contribution in [2.45, 2.75) is 32.8 Å². The standard InChI is InChI=1S/C13H15ClFN3O/c1-13(2,3)12-11(7-19)16-17-18(12)8-4-5-10(15)9(14)6-8/h4-6,19H,7H2,1-3H3. The van der Waals surface area contributed by atoms with Crippen molar-refractivity contribution in [3.05, 3.63) is 40.4 Å². The van der Waals surface area contributed by atoms with E-state index in [1.165, 1.54) is 12.1 Å². The number of aliphatic hydroxyl groups excluding tert-OH is 1. The van der Waals surface area contributed by atoms with Crippen molar-refractivity contribution >= 4 is 11.6 Å². The molecule has 0 unspecified atom stereocenters. The van der Waals surface area contributed by atoms with Gasteiger partial charge in [0, 0.05) is 5.41 Å². The molecule has 0 atom stereocenters. The fourth-order valence-corrected chi connectivity index (χ4v) is 2.14. The van der Waals surface area contributed by atoms with E-state index < -0.39 is 5.82 Å². The molecule has 1 N–H and O–H groups in total. The first-order valence-electron chi connectivity index (χ1n) is 5.86. The van der Waals surface area contributed by atoms with Crippen LogP contribution < -0.4 is 0 Å². The summed E-state index contributed by atoms with van der Waals surface area (Å²) < 4.78 is 14.8. The highest BCUT2D eigenvalue weighted by Crippen LogP contribution is 2.28. The highest BCUT2D eigenvalue weighted by molar-refractivity contribution is 6.30. The molecule has 0 aliphatic heterocycles. The minimum absolute atomic E-state index is 0.0263. The largest absolute Gasteiger partial charge is 0.390 e. The van der Waals surface area contributed by atoms with Crippen molar-refractivity contribution in [1.29, 1.82) is 0 Å². The van der Waals surface area contributed by atoms with Crippen LogP contribution in [0.15, 0.2) is 18.2 Å². The third kappa shape index (κ3) is 2.62. The van der Waals surface area contributed by atoms with Crippen LogP contribution in [0.1, 0.15) is 32.2 Å². The molecular weight excluding hydrogens is 269 g/mol. The van der Waals surface area contributed by atoms with Gasteiger partial charge >= 0.3 is 0 Å². The quantitative estimate of drug-likeness (QED) is 0.922. The van der Waals surface area contributed by atoms with Crippen LogP contribution in [-0.4, -0.2) is 20.1 Å². The molecule has 2 aromatic rings. The molecule has 4 nitrogen and oxygen atoms in total. The first-order valence-corrected chi connectivity index (χ1v) is 6.23. The number of aliphatic hydroxyl groups is 1. The van der Waals surface area contributed by atoms with Crippen LogP contribution in [0.25, 0.3) is 5.69 Å². The molecule has 1 aromatic carbocycles. The highest BCUT2D eigenvalue weighted by atomic mass is 35.5. The van der Waals surface area contributed by atoms with Crippen molar-refractivity contribution in [3.8, 4) is 5.69 Å². The topological polar surface area (TPSA) is 50.9 Å². The van der Waals surface area contributed by atoms with Gasteiger partial charge in [-0.25, -0.2) is 9.07 Å². The third-order valence-corrected chi connectivity index (χ3v) is 3.04. The number of benzene rings is 1. The van der Waals surface area contributed by atoms with Gasteiger partial charge in [-0.3, -0.25) is 0 Å². The van der Waals surface area contributed by atoms with Gasteiger partial charge in [0.1, 0.15) is 11.5 Å². The Morgan fingerprint density at radius 3 is 2.58 bits per heavy atom. The van der Waals surface area contributed by atoms with Crippen LogP contribution in [-0.2, 0) is 12.0 Å². The summed E-state index contributed by atoms with van der Waals surface area (Å²) in [6.45, 7) is 5.78. The average Bonchev–Trinajstić information content (AvgIpc) is 2.76. The van der Waals surface area contributed by atoms with E-state index in [1.807, 2.05) is 20.8 Å². The minimum Gasteiger partial charge on any atom is -0.390 e. The molecule has 0 radical (unpaired) electrons. The summed E-state index contributed by atoms with van der Waals surface area (Å²) in [5.74, 6) is -0.481. The number of halogens is 2. The number of nitrogens with zero attached hydrogens (tertiary/aromatic N) is 3. The van der Waals surface area contributed by atoms with Crippen molar-refractivity contribution < 1.29 is 9.50 Å². The zero-order valence-corrected chi connectivity index (χ0v) is 11.7. The van der Waals surface area contributed by atoms with Crippen molar-refractivity contribution in [2.24, 2.45) is 0 Å². The van der Waals surface area contributed by atoms with E-state index in [9.17, 15) is 9.50 Å². The lowest BCUT2D eigenvalue weighted by Gasteiger charge is -2.21. The van der Waals surface area contributed by atoms with Gasteiger partial charge in [0.05, 0.1) is 23.0 Å². The highest BCUT2D eigenvalue weighted by Gasteiger charge is 2.25. The second-order valence-corrected chi connectivity index (χ2v) is 5.71. The van der Waals surface area contributed by atoms with Gasteiger partial charge in [-0.2, -0.15) is 0 Å². The smallest absolute Gasteiger partial charge is 0.141 e. The van der Waals surface area contributed by atoms with Crippen LogP contribution in [0.5, 0.6) is 0 Å². The van der Waals surface area contributed by atoms with Crippen LogP contribution in [0.2, 0.25) is 5.02 Å². The summed E-state index contributed by atoms with van der Waals surface area (Å²) in [6.07, 6.45) is 0. The molecule has 102 valence electrons. The second kappa shape index (κ2) is 4.90. The summed E-state index contributed by atoms with van der Waals surface area (Å²) in [7, 11) is 0. The molecule has 0 amide bonds. The fraction of sp³-hybridized carbons (Fsp3) is 0.385. The Bertz CT molecular complexity index is 604. The predicted octanol–water partition coefficient (Wildman–Crippen LogP) is 2.85. The van der Waals surface area contributed by atoms with Gasteiger partial charge in [-0.1, -0.05) is 37.6 Å². The third-order valence-electron chi connectivity index (χ3n) is 2.75. The SMILES string of the molecule is CC(C)(C)c1c(CO)nnn1-c1ccc(F)c(Cl)c1. The van der Waals surface area contributed by atoms with E-state index in [-0.39, 0.29) is 17.0 Å². The number of hydrogen-bond acceptors (Lipinski definition) is 3. The maximum Gasteiger partial charge on any atom is 0.141 e. The Balaban J connectivity index is 2.62. The van der Waals surface area contributed by atoms with Gasteiger partial charge in [0.2, 0.25) is 0 Å². The van der Waals surface area contributed by atoms with Gasteiger partial charge in [0.25, 0.3) is 0 Å². The molecule has 1 aromatic heterocycles. The molecule has 0 bridgehead atoms. The van der Waals surface area contributed by atoms with Crippen LogP contribution in [0, 0.1) is 5.82 Å². The van der Waals surface area contributed by atoms with Crippen molar-refractivity contribution in [3.63, 3.8) is 0 Å². The van der Waals surface area contributed by atoms with Crippen molar-refractivity contribution in [1.82, 2.24) is 15.0 Å².